The Hall–Kier alpha value is -0.540. The Morgan fingerprint density at radius 2 is 2.29 bits per heavy atom. The number of nitrogens with one attached hydrogen (secondary N) is 2. The number of hydrazine groups is 2. The molecule has 0 aromatic heterocycles. The van der Waals surface area contributed by atoms with Gasteiger partial charge in [-0.1, -0.05) is 6.58 Å². The van der Waals surface area contributed by atoms with E-state index in [0.717, 1.165) is 0 Å². The van der Waals surface area contributed by atoms with E-state index in [0.29, 0.717) is 0 Å². The molecule has 0 aromatic rings. The standard InChI is InChI=1S/C4H11N3/c1-4-7(3)6-5-2/h4-6H,1H2,2-3H3. The molecular formula is C4H11N3. The van der Waals surface area contributed by atoms with Gasteiger partial charge in [0, 0.05) is 20.3 Å². The molecule has 2 N–H and O–H groups in total. The maximum atomic E-state index is 3.50. The van der Waals surface area contributed by atoms with Crippen molar-refractivity contribution in [1.82, 2.24) is 16.0 Å². The van der Waals surface area contributed by atoms with Crippen LogP contribution in [0.25, 0.3) is 0 Å². The Kier molecular flexibility index (Phi) is 3.36. The van der Waals surface area contributed by atoms with Crippen LogP contribution < -0.4 is 11.0 Å². The Labute approximate surface area is 43.9 Å². The lowest BCUT2D eigenvalue weighted by Gasteiger charge is -2.12. The Morgan fingerprint density at radius 3 is 2.43 bits per heavy atom. The molecule has 0 aliphatic rings. The van der Waals surface area contributed by atoms with E-state index in [-0.39, 0.29) is 0 Å². The minimum Gasteiger partial charge on any atom is -0.306 e. The SMILES string of the molecule is C=CN(C)NNC. The second kappa shape index (κ2) is 3.64. The summed E-state index contributed by atoms with van der Waals surface area (Å²) in [5.41, 5.74) is 5.48. The lowest BCUT2D eigenvalue weighted by atomic mass is 11.0. The van der Waals surface area contributed by atoms with E-state index in [1.165, 1.54) is 0 Å². The van der Waals surface area contributed by atoms with Gasteiger partial charge in [-0.2, -0.15) is 5.53 Å². The van der Waals surface area contributed by atoms with Gasteiger partial charge in [-0.25, -0.2) is 5.43 Å². The van der Waals surface area contributed by atoms with E-state index in [9.17, 15) is 0 Å². The van der Waals surface area contributed by atoms with Crippen molar-refractivity contribution < 1.29 is 0 Å². The average molecular weight is 101 g/mol. The van der Waals surface area contributed by atoms with E-state index >= 15 is 0 Å². The van der Waals surface area contributed by atoms with Crippen LogP contribution in [0.4, 0.5) is 0 Å². The molecule has 7 heavy (non-hydrogen) atoms. The molecule has 0 aliphatic carbocycles. The predicted octanol–water partition coefficient (Wildman–Crippen LogP) is -0.299. The fourth-order valence-electron chi connectivity index (χ4n) is 0.222. The molecule has 0 saturated carbocycles. The topological polar surface area (TPSA) is 27.3 Å². The van der Waals surface area contributed by atoms with Crippen LogP contribution in [0, 0.1) is 0 Å². The predicted molar refractivity (Wildman–Crippen MR) is 30.2 cm³/mol. The first-order valence-corrected chi connectivity index (χ1v) is 2.09. The first-order valence-electron chi connectivity index (χ1n) is 2.09. The Balaban J connectivity index is 2.98. The summed E-state index contributed by atoms with van der Waals surface area (Å²) < 4.78 is 0. The van der Waals surface area contributed by atoms with E-state index in [1.54, 1.807) is 18.3 Å². The fourth-order valence-corrected chi connectivity index (χ4v) is 0.222. The maximum absolute atomic E-state index is 3.50. The molecule has 42 valence electrons. The average Bonchev–Trinajstić information content (AvgIpc) is 1.68. The van der Waals surface area contributed by atoms with Gasteiger partial charge in [-0.05, 0) is 0 Å². The van der Waals surface area contributed by atoms with Crippen LogP contribution in [0.2, 0.25) is 0 Å². The van der Waals surface area contributed by atoms with Gasteiger partial charge in [-0.15, -0.1) is 0 Å². The van der Waals surface area contributed by atoms with Crippen molar-refractivity contribution >= 4 is 0 Å². The van der Waals surface area contributed by atoms with Crippen LogP contribution in [-0.2, 0) is 0 Å². The van der Waals surface area contributed by atoms with Crippen LogP contribution >= 0.6 is 0 Å². The fraction of sp³-hybridized carbons (Fsp3) is 0.500. The van der Waals surface area contributed by atoms with Crippen molar-refractivity contribution in [3.63, 3.8) is 0 Å². The van der Waals surface area contributed by atoms with Gasteiger partial charge >= 0.3 is 0 Å². The van der Waals surface area contributed by atoms with Gasteiger partial charge < -0.3 is 5.01 Å². The number of hydrogen-bond donors (Lipinski definition) is 2. The van der Waals surface area contributed by atoms with Crippen LogP contribution in [0.3, 0.4) is 0 Å². The summed E-state index contributed by atoms with van der Waals surface area (Å²) in [6.45, 7) is 3.50. The van der Waals surface area contributed by atoms with Crippen molar-refractivity contribution in [2.24, 2.45) is 0 Å². The number of nitrogens with zero attached hydrogens (tertiary/aromatic N) is 1. The highest BCUT2D eigenvalue weighted by Gasteiger charge is 1.76. The van der Waals surface area contributed by atoms with Crippen molar-refractivity contribution in [2.45, 2.75) is 0 Å². The first-order chi connectivity index (χ1) is 3.31. The molecule has 0 aromatic carbocycles. The molecule has 3 nitrogen and oxygen atoms in total. The van der Waals surface area contributed by atoms with E-state index in [2.05, 4.69) is 17.5 Å². The molecule has 0 fully saturated rings. The first kappa shape index (κ1) is 6.46. The van der Waals surface area contributed by atoms with Crippen molar-refractivity contribution in [1.29, 1.82) is 0 Å². The smallest absolute Gasteiger partial charge is 0.0238 e. The minimum absolute atomic E-state index is 1.66. The van der Waals surface area contributed by atoms with Gasteiger partial charge in [-0.3, -0.25) is 0 Å². The summed E-state index contributed by atoms with van der Waals surface area (Å²) in [5.74, 6) is 0. The highest BCUT2D eigenvalue weighted by atomic mass is 15.7. The lowest BCUT2D eigenvalue weighted by Crippen LogP contribution is -2.38. The van der Waals surface area contributed by atoms with Crippen LogP contribution in [-0.4, -0.2) is 19.1 Å². The quantitative estimate of drug-likeness (QED) is 0.478. The van der Waals surface area contributed by atoms with E-state index < -0.39 is 0 Å². The largest absolute Gasteiger partial charge is 0.306 e. The lowest BCUT2D eigenvalue weighted by molar-refractivity contribution is 0.286. The zero-order valence-corrected chi connectivity index (χ0v) is 4.73. The summed E-state index contributed by atoms with van der Waals surface area (Å²) in [7, 11) is 3.64. The molecule has 0 aliphatic heterocycles. The summed E-state index contributed by atoms with van der Waals surface area (Å²) in [6.07, 6.45) is 1.66. The van der Waals surface area contributed by atoms with E-state index in [4.69, 9.17) is 0 Å². The highest BCUT2D eigenvalue weighted by Crippen LogP contribution is 1.65. The van der Waals surface area contributed by atoms with Gasteiger partial charge in [0.2, 0.25) is 0 Å². The summed E-state index contributed by atoms with van der Waals surface area (Å²) in [6, 6.07) is 0. The molecule has 0 unspecified atom stereocenters. The minimum atomic E-state index is 1.66. The molecule has 0 heterocycles. The summed E-state index contributed by atoms with van der Waals surface area (Å²) in [5, 5.41) is 1.71. The number of hydrogen-bond acceptors (Lipinski definition) is 3. The molecule has 0 saturated heterocycles. The molecule has 0 rings (SSSR count). The molecule has 0 radical (unpaired) electrons. The summed E-state index contributed by atoms with van der Waals surface area (Å²) >= 11 is 0. The van der Waals surface area contributed by atoms with Crippen molar-refractivity contribution in [3.05, 3.63) is 12.8 Å². The van der Waals surface area contributed by atoms with E-state index in [1.807, 2.05) is 7.05 Å². The molecule has 0 amide bonds. The molecule has 0 atom stereocenters. The van der Waals surface area contributed by atoms with Gasteiger partial charge in [0.1, 0.15) is 0 Å². The third-order valence-corrected chi connectivity index (χ3v) is 0.562. The Bertz CT molecular complexity index is 52.9. The summed E-state index contributed by atoms with van der Waals surface area (Å²) in [4.78, 5) is 0. The second-order valence-electron chi connectivity index (χ2n) is 1.16. The molecule has 3 heteroatoms. The van der Waals surface area contributed by atoms with Crippen molar-refractivity contribution in [2.75, 3.05) is 14.1 Å². The third-order valence-electron chi connectivity index (χ3n) is 0.562. The normalized spacial score (nSPS) is 8.29. The second-order valence-corrected chi connectivity index (χ2v) is 1.16. The monoisotopic (exact) mass is 101 g/mol. The number of rotatable bonds is 3. The van der Waals surface area contributed by atoms with Crippen LogP contribution in [0.15, 0.2) is 12.8 Å². The van der Waals surface area contributed by atoms with Crippen molar-refractivity contribution in [3.8, 4) is 0 Å². The van der Waals surface area contributed by atoms with Gasteiger partial charge in [0.05, 0.1) is 0 Å². The van der Waals surface area contributed by atoms with Gasteiger partial charge in [0.25, 0.3) is 0 Å². The molecule has 0 bridgehead atoms. The van der Waals surface area contributed by atoms with Crippen LogP contribution in [0.5, 0.6) is 0 Å². The zero-order chi connectivity index (χ0) is 5.70. The highest BCUT2D eigenvalue weighted by molar-refractivity contribution is 4.58. The van der Waals surface area contributed by atoms with Crippen LogP contribution in [0.1, 0.15) is 0 Å². The zero-order valence-electron chi connectivity index (χ0n) is 4.73. The molecule has 0 spiro atoms. The third kappa shape index (κ3) is 3.29. The Morgan fingerprint density at radius 1 is 1.71 bits per heavy atom. The maximum Gasteiger partial charge on any atom is 0.0238 e. The van der Waals surface area contributed by atoms with Gasteiger partial charge in [0.15, 0.2) is 0 Å². The molecular weight excluding hydrogens is 90.1 g/mol.